The minimum absolute atomic E-state index is 0.169. The van der Waals surface area contributed by atoms with Crippen molar-refractivity contribution in [2.75, 3.05) is 0 Å². The zero-order valence-corrected chi connectivity index (χ0v) is 14.6. The van der Waals surface area contributed by atoms with E-state index in [9.17, 15) is 9.59 Å². The van der Waals surface area contributed by atoms with Gasteiger partial charge in [0, 0.05) is 0 Å². The molecule has 3 rings (SSSR count). The highest BCUT2D eigenvalue weighted by Crippen LogP contribution is 2.46. The molecule has 0 spiro atoms. The van der Waals surface area contributed by atoms with Crippen LogP contribution >= 0.6 is 0 Å². The Morgan fingerprint density at radius 3 is 1.56 bits per heavy atom. The summed E-state index contributed by atoms with van der Waals surface area (Å²) >= 11 is 0. The third-order valence-electron chi connectivity index (χ3n) is 6.15. The van der Waals surface area contributed by atoms with Gasteiger partial charge in [-0.2, -0.15) is 0 Å². The highest BCUT2D eigenvalue weighted by atomic mass is 16.1. The maximum absolute atomic E-state index is 10.5. The van der Waals surface area contributed by atoms with Crippen molar-refractivity contribution in [1.82, 2.24) is 0 Å². The number of hydrogen-bond acceptors (Lipinski definition) is 4. The van der Waals surface area contributed by atoms with E-state index in [1.807, 2.05) is 0 Å². The molecular weight excluding hydrogens is 312 g/mol. The highest BCUT2D eigenvalue weighted by molar-refractivity contribution is 5.34. The summed E-state index contributed by atoms with van der Waals surface area (Å²) in [5.41, 5.74) is 1.44. The number of aliphatic imine (C=N–C) groups is 2. The molecule has 2 aliphatic carbocycles. The van der Waals surface area contributed by atoms with Gasteiger partial charge in [0.1, 0.15) is 0 Å². The molecule has 0 atom stereocenters. The zero-order valence-electron chi connectivity index (χ0n) is 14.6. The first-order valence-electron chi connectivity index (χ1n) is 9.50. The van der Waals surface area contributed by atoms with Gasteiger partial charge in [-0.15, -0.1) is 0 Å². The van der Waals surface area contributed by atoms with Gasteiger partial charge in [0.25, 0.3) is 0 Å². The zero-order chi connectivity index (χ0) is 17.5. The van der Waals surface area contributed by atoms with Crippen LogP contribution in [0.5, 0.6) is 0 Å². The number of rotatable bonds is 5. The van der Waals surface area contributed by atoms with E-state index >= 15 is 0 Å². The number of benzene rings is 1. The third-order valence-corrected chi connectivity index (χ3v) is 6.15. The lowest BCUT2D eigenvalue weighted by Gasteiger charge is -2.40. The van der Waals surface area contributed by atoms with E-state index in [1.165, 1.54) is 5.56 Å². The Bertz CT molecular complexity index is 593. The van der Waals surface area contributed by atoms with Crippen molar-refractivity contribution >= 4 is 12.2 Å². The van der Waals surface area contributed by atoms with E-state index in [-0.39, 0.29) is 12.1 Å². The van der Waals surface area contributed by atoms with Crippen molar-refractivity contribution in [2.45, 2.75) is 69.4 Å². The van der Waals surface area contributed by atoms with Gasteiger partial charge >= 0.3 is 0 Å². The van der Waals surface area contributed by atoms with Gasteiger partial charge < -0.3 is 0 Å². The third kappa shape index (κ3) is 4.54. The van der Waals surface area contributed by atoms with Gasteiger partial charge in [-0.1, -0.05) is 30.3 Å². The first-order chi connectivity index (χ1) is 12.3. The van der Waals surface area contributed by atoms with E-state index < -0.39 is 0 Å². The second-order valence-corrected chi connectivity index (χ2v) is 7.51. The Morgan fingerprint density at radius 1 is 0.720 bits per heavy atom. The van der Waals surface area contributed by atoms with E-state index in [2.05, 4.69) is 40.3 Å². The van der Waals surface area contributed by atoms with E-state index in [1.54, 1.807) is 12.2 Å². The Morgan fingerprint density at radius 2 is 1.16 bits per heavy atom. The van der Waals surface area contributed by atoms with Crippen LogP contribution in [0.4, 0.5) is 0 Å². The molecule has 0 saturated heterocycles. The molecule has 25 heavy (non-hydrogen) atoms. The minimum Gasteiger partial charge on any atom is -0.211 e. The predicted molar refractivity (Wildman–Crippen MR) is 96.9 cm³/mol. The summed E-state index contributed by atoms with van der Waals surface area (Å²) in [6.45, 7) is 0. The average Bonchev–Trinajstić information content (AvgIpc) is 2.66. The summed E-state index contributed by atoms with van der Waals surface area (Å²) in [7, 11) is 0. The van der Waals surface area contributed by atoms with Crippen molar-refractivity contribution in [3.63, 3.8) is 0 Å². The maximum Gasteiger partial charge on any atom is 0.235 e. The quantitative estimate of drug-likeness (QED) is 0.584. The lowest BCUT2D eigenvalue weighted by atomic mass is 9.66. The SMILES string of the molecule is O=C=NC1CCC(C(c2ccccc2)C2CCC(N=C=O)CC2)CC1. The molecule has 132 valence electrons. The molecule has 0 N–H and O–H groups in total. The average molecular weight is 338 g/mol. The van der Waals surface area contributed by atoms with Crippen LogP contribution in [0.1, 0.15) is 62.8 Å². The van der Waals surface area contributed by atoms with Gasteiger partial charge in [-0.05, 0) is 74.7 Å². The lowest BCUT2D eigenvalue weighted by Crippen LogP contribution is -2.30. The van der Waals surface area contributed by atoms with Crippen molar-refractivity contribution in [3.8, 4) is 0 Å². The lowest BCUT2D eigenvalue weighted by molar-refractivity contribution is 0.188. The molecule has 0 unspecified atom stereocenters. The Kier molecular flexibility index (Phi) is 6.33. The molecule has 4 nitrogen and oxygen atoms in total. The molecule has 2 fully saturated rings. The van der Waals surface area contributed by atoms with Gasteiger partial charge in [0.2, 0.25) is 12.2 Å². The summed E-state index contributed by atoms with van der Waals surface area (Å²) in [6.07, 6.45) is 11.9. The van der Waals surface area contributed by atoms with Crippen LogP contribution in [-0.4, -0.2) is 24.2 Å². The van der Waals surface area contributed by atoms with Crippen molar-refractivity contribution in [3.05, 3.63) is 35.9 Å². The summed E-state index contributed by atoms with van der Waals surface area (Å²) in [6, 6.07) is 11.2. The second kappa shape index (κ2) is 8.89. The summed E-state index contributed by atoms with van der Waals surface area (Å²) in [4.78, 5) is 28.9. The molecule has 1 aromatic carbocycles. The van der Waals surface area contributed by atoms with Crippen LogP contribution in [0, 0.1) is 11.8 Å². The fourth-order valence-electron chi connectivity index (χ4n) is 4.93. The topological polar surface area (TPSA) is 58.9 Å². The molecule has 0 amide bonds. The minimum atomic E-state index is 0.169. The van der Waals surface area contributed by atoms with Crippen LogP contribution in [0.3, 0.4) is 0 Å². The molecule has 2 saturated carbocycles. The number of nitrogens with zero attached hydrogens (tertiary/aromatic N) is 2. The highest BCUT2D eigenvalue weighted by Gasteiger charge is 2.35. The number of carbonyl (C=O) groups excluding carboxylic acids is 2. The first kappa shape index (κ1) is 17.8. The predicted octanol–water partition coefficient (Wildman–Crippen LogP) is 4.56. The van der Waals surface area contributed by atoms with Crippen LogP contribution in [0.15, 0.2) is 40.3 Å². The van der Waals surface area contributed by atoms with E-state index in [4.69, 9.17) is 0 Å². The number of hydrogen-bond donors (Lipinski definition) is 0. The van der Waals surface area contributed by atoms with Crippen molar-refractivity contribution in [2.24, 2.45) is 21.8 Å². The first-order valence-corrected chi connectivity index (χ1v) is 9.50. The molecule has 2 aliphatic rings. The largest absolute Gasteiger partial charge is 0.235 e. The Labute approximate surface area is 149 Å². The van der Waals surface area contributed by atoms with Gasteiger partial charge in [0.05, 0.1) is 12.1 Å². The summed E-state index contributed by atoms with van der Waals surface area (Å²) in [5.74, 6) is 1.86. The molecular formula is C21H26N2O2. The molecule has 0 bridgehead atoms. The molecule has 1 aromatic rings. The van der Waals surface area contributed by atoms with Crippen molar-refractivity contribution in [1.29, 1.82) is 0 Å². The molecule has 0 heterocycles. The molecule has 0 aromatic heterocycles. The fraction of sp³-hybridized carbons (Fsp3) is 0.619. The van der Waals surface area contributed by atoms with Gasteiger partial charge in [0.15, 0.2) is 0 Å². The van der Waals surface area contributed by atoms with E-state index in [0.717, 1.165) is 51.4 Å². The van der Waals surface area contributed by atoms with Crippen LogP contribution < -0.4 is 0 Å². The van der Waals surface area contributed by atoms with Crippen molar-refractivity contribution < 1.29 is 9.59 Å². The van der Waals surface area contributed by atoms with Gasteiger partial charge in [-0.3, -0.25) is 0 Å². The normalized spacial score (nSPS) is 30.6. The molecule has 0 aliphatic heterocycles. The second-order valence-electron chi connectivity index (χ2n) is 7.51. The molecule has 0 radical (unpaired) electrons. The number of isocyanates is 2. The standard InChI is InChI=1S/C21H26N2O2/c24-14-22-19-10-6-17(7-11-19)21(16-4-2-1-3-5-16)18-8-12-20(13-9-18)23-15-25/h1-5,17-21H,6-13H2. The van der Waals surface area contributed by atoms with Crippen LogP contribution in [0.25, 0.3) is 0 Å². The fourth-order valence-corrected chi connectivity index (χ4v) is 4.93. The van der Waals surface area contributed by atoms with Gasteiger partial charge in [-0.25, -0.2) is 19.6 Å². The Hall–Kier alpha value is -2.02. The summed E-state index contributed by atoms with van der Waals surface area (Å²) < 4.78 is 0. The Balaban J connectivity index is 1.73. The molecule has 4 heteroatoms. The van der Waals surface area contributed by atoms with Crippen LogP contribution in [0.2, 0.25) is 0 Å². The smallest absolute Gasteiger partial charge is 0.211 e. The van der Waals surface area contributed by atoms with Crippen LogP contribution in [-0.2, 0) is 9.59 Å². The maximum atomic E-state index is 10.5. The van der Waals surface area contributed by atoms with E-state index in [0.29, 0.717) is 17.8 Å². The summed E-state index contributed by atoms with van der Waals surface area (Å²) in [5, 5.41) is 0. The monoisotopic (exact) mass is 338 g/mol.